The predicted molar refractivity (Wildman–Crippen MR) is 51.7 cm³/mol. The van der Waals surface area contributed by atoms with Crippen LogP contribution < -0.4 is 0 Å². The molecule has 0 heterocycles. The first kappa shape index (κ1) is 12.1. The van der Waals surface area contributed by atoms with Crippen molar-refractivity contribution in [2.24, 2.45) is 0 Å². The Morgan fingerprint density at radius 1 is 1.00 bits per heavy atom. The third-order valence-corrected chi connectivity index (χ3v) is 3.31. The van der Waals surface area contributed by atoms with Crippen LogP contribution in [0.15, 0.2) is 0 Å². The maximum atomic E-state index is 5.55. The third-order valence-electron chi connectivity index (χ3n) is 1.43. The summed E-state index contributed by atoms with van der Waals surface area (Å²) in [6, 6.07) is 1.03. The second-order valence-corrected chi connectivity index (χ2v) is 4.91. The molecule has 0 rings (SSSR count). The fourth-order valence-corrected chi connectivity index (χ4v) is 2.22. The Morgan fingerprint density at radius 2 is 1.67 bits per heavy atom. The van der Waals surface area contributed by atoms with E-state index in [1.807, 2.05) is 0 Å². The van der Waals surface area contributed by atoms with E-state index in [-0.39, 0.29) is 0 Å². The smallest absolute Gasteiger partial charge is 0.321 e. The van der Waals surface area contributed by atoms with Gasteiger partial charge in [0.2, 0.25) is 0 Å². The molecule has 0 fully saturated rings. The van der Waals surface area contributed by atoms with Gasteiger partial charge in [0.25, 0.3) is 0 Å². The van der Waals surface area contributed by atoms with Gasteiger partial charge >= 0.3 is 9.28 Å². The molecule has 0 saturated heterocycles. The zero-order valence-corrected chi connectivity index (χ0v) is 9.49. The molecule has 0 aliphatic rings. The zero-order chi connectivity index (χ0) is 9.23. The van der Waals surface area contributed by atoms with Gasteiger partial charge in [-0.3, -0.25) is 0 Å². The van der Waals surface area contributed by atoms with E-state index in [0.717, 1.165) is 19.1 Å². The molecule has 1 atom stereocenters. The summed E-state index contributed by atoms with van der Waals surface area (Å²) in [7, 11) is 0.337. The van der Waals surface area contributed by atoms with E-state index in [1.54, 1.807) is 7.11 Å². The standard InChI is InChI=1S/C8H20O3Si/c1-4-6-10-12(5-2)11-8-7-9-3/h12H,4-8H2,1-3H3. The van der Waals surface area contributed by atoms with Crippen LogP contribution in [0, 0.1) is 0 Å². The molecular weight excluding hydrogens is 172 g/mol. The lowest BCUT2D eigenvalue weighted by Gasteiger charge is -2.13. The molecule has 12 heavy (non-hydrogen) atoms. The van der Waals surface area contributed by atoms with E-state index in [9.17, 15) is 0 Å². The summed E-state index contributed by atoms with van der Waals surface area (Å²) in [4.78, 5) is 0. The summed E-state index contributed by atoms with van der Waals surface area (Å²) in [6.45, 7) is 6.39. The normalized spacial score (nSPS) is 13.2. The second kappa shape index (κ2) is 9.19. The Labute approximate surface area is 76.9 Å². The van der Waals surface area contributed by atoms with E-state index in [0.29, 0.717) is 13.2 Å². The van der Waals surface area contributed by atoms with Crippen molar-refractivity contribution in [2.45, 2.75) is 26.3 Å². The van der Waals surface area contributed by atoms with Gasteiger partial charge in [-0.15, -0.1) is 0 Å². The average molecular weight is 192 g/mol. The van der Waals surface area contributed by atoms with Crippen LogP contribution in [0.4, 0.5) is 0 Å². The van der Waals surface area contributed by atoms with Crippen LogP contribution in [-0.4, -0.2) is 36.2 Å². The summed E-state index contributed by atoms with van der Waals surface area (Å²) >= 11 is 0. The van der Waals surface area contributed by atoms with Gasteiger partial charge in [-0.05, 0) is 12.5 Å². The van der Waals surface area contributed by atoms with Crippen LogP contribution in [0.25, 0.3) is 0 Å². The van der Waals surface area contributed by atoms with Crippen LogP contribution in [0.1, 0.15) is 20.3 Å². The van der Waals surface area contributed by atoms with Gasteiger partial charge in [-0.25, -0.2) is 0 Å². The highest BCUT2D eigenvalue weighted by atomic mass is 28.3. The van der Waals surface area contributed by atoms with Crippen molar-refractivity contribution >= 4 is 9.28 Å². The van der Waals surface area contributed by atoms with Crippen LogP contribution >= 0.6 is 0 Å². The third kappa shape index (κ3) is 6.79. The summed E-state index contributed by atoms with van der Waals surface area (Å²) in [5.74, 6) is 0. The van der Waals surface area contributed by atoms with Gasteiger partial charge in [-0.2, -0.15) is 0 Å². The van der Waals surface area contributed by atoms with E-state index < -0.39 is 9.28 Å². The van der Waals surface area contributed by atoms with Gasteiger partial charge in [0.1, 0.15) is 0 Å². The highest BCUT2D eigenvalue weighted by Gasteiger charge is 2.08. The first-order valence-corrected chi connectivity index (χ1v) is 6.33. The molecule has 1 unspecified atom stereocenters. The molecule has 0 amide bonds. The minimum atomic E-state index is -1.34. The molecule has 3 nitrogen and oxygen atoms in total. The van der Waals surface area contributed by atoms with Crippen molar-refractivity contribution in [3.63, 3.8) is 0 Å². The Bertz CT molecular complexity index is 90.4. The number of hydrogen-bond acceptors (Lipinski definition) is 3. The molecule has 0 radical (unpaired) electrons. The van der Waals surface area contributed by atoms with Gasteiger partial charge in [0.15, 0.2) is 0 Å². The van der Waals surface area contributed by atoms with E-state index >= 15 is 0 Å². The molecular formula is C8H20O3Si. The summed E-state index contributed by atoms with van der Waals surface area (Å²) in [5, 5.41) is 0. The first-order chi connectivity index (χ1) is 5.85. The van der Waals surface area contributed by atoms with Gasteiger partial charge in [0, 0.05) is 13.7 Å². The van der Waals surface area contributed by atoms with Crippen molar-refractivity contribution in [1.82, 2.24) is 0 Å². The quantitative estimate of drug-likeness (QED) is 0.429. The molecule has 0 bridgehead atoms. The molecule has 0 spiro atoms. The Balaban J connectivity index is 3.26. The largest absolute Gasteiger partial charge is 0.397 e. The molecule has 0 aliphatic heterocycles. The molecule has 4 heteroatoms. The maximum Gasteiger partial charge on any atom is 0.321 e. The predicted octanol–water partition coefficient (Wildman–Crippen LogP) is 1.32. The lowest BCUT2D eigenvalue weighted by atomic mass is 10.5. The second-order valence-electron chi connectivity index (χ2n) is 2.57. The topological polar surface area (TPSA) is 27.7 Å². The zero-order valence-electron chi connectivity index (χ0n) is 8.34. The van der Waals surface area contributed by atoms with Crippen LogP contribution in [-0.2, 0) is 13.6 Å². The highest BCUT2D eigenvalue weighted by Crippen LogP contribution is 1.97. The Morgan fingerprint density at radius 3 is 2.17 bits per heavy atom. The Kier molecular flexibility index (Phi) is 9.26. The number of methoxy groups -OCH3 is 1. The molecule has 0 aromatic carbocycles. The first-order valence-electron chi connectivity index (χ1n) is 4.57. The minimum absolute atomic E-state index is 0.666. The lowest BCUT2D eigenvalue weighted by Crippen LogP contribution is -2.24. The van der Waals surface area contributed by atoms with Crippen molar-refractivity contribution in [1.29, 1.82) is 0 Å². The molecule has 0 N–H and O–H groups in total. The Hall–Kier alpha value is 0.0969. The van der Waals surface area contributed by atoms with E-state index in [2.05, 4.69) is 13.8 Å². The fourth-order valence-electron chi connectivity index (χ4n) is 0.796. The van der Waals surface area contributed by atoms with Gasteiger partial charge in [-0.1, -0.05) is 13.8 Å². The molecule has 0 saturated carbocycles. The van der Waals surface area contributed by atoms with E-state index in [1.165, 1.54) is 0 Å². The summed E-state index contributed by atoms with van der Waals surface area (Å²) in [6.07, 6.45) is 1.07. The minimum Gasteiger partial charge on any atom is -0.397 e. The number of rotatable bonds is 8. The van der Waals surface area contributed by atoms with Crippen LogP contribution in [0.2, 0.25) is 6.04 Å². The van der Waals surface area contributed by atoms with Crippen LogP contribution in [0.3, 0.4) is 0 Å². The molecule has 74 valence electrons. The number of hydrogen-bond donors (Lipinski definition) is 0. The summed E-state index contributed by atoms with van der Waals surface area (Å²) < 4.78 is 16.0. The van der Waals surface area contributed by atoms with Gasteiger partial charge in [0.05, 0.1) is 13.2 Å². The SMILES string of the molecule is CCCO[SiH](CC)OCCOC. The van der Waals surface area contributed by atoms with Crippen molar-refractivity contribution in [3.05, 3.63) is 0 Å². The average Bonchev–Trinajstić information content (AvgIpc) is 2.11. The maximum absolute atomic E-state index is 5.55. The molecule has 0 aromatic rings. The summed E-state index contributed by atoms with van der Waals surface area (Å²) in [5.41, 5.74) is 0. The fraction of sp³-hybridized carbons (Fsp3) is 1.00. The number of ether oxygens (including phenoxy) is 1. The van der Waals surface area contributed by atoms with Crippen molar-refractivity contribution < 1.29 is 13.6 Å². The van der Waals surface area contributed by atoms with Crippen molar-refractivity contribution in [2.75, 3.05) is 26.9 Å². The van der Waals surface area contributed by atoms with Gasteiger partial charge < -0.3 is 13.6 Å². The van der Waals surface area contributed by atoms with Crippen LogP contribution in [0.5, 0.6) is 0 Å². The molecule has 0 aromatic heterocycles. The van der Waals surface area contributed by atoms with E-state index in [4.69, 9.17) is 13.6 Å². The molecule has 0 aliphatic carbocycles. The lowest BCUT2D eigenvalue weighted by molar-refractivity contribution is 0.121. The monoisotopic (exact) mass is 192 g/mol. The highest BCUT2D eigenvalue weighted by molar-refractivity contribution is 6.44. The van der Waals surface area contributed by atoms with Crippen molar-refractivity contribution in [3.8, 4) is 0 Å².